The van der Waals surface area contributed by atoms with Gasteiger partial charge in [-0.2, -0.15) is 0 Å². The van der Waals surface area contributed by atoms with Crippen molar-refractivity contribution < 1.29 is 9.90 Å². The van der Waals surface area contributed by atoms with Crippen molar-refractivity contribution in [1.29, 1.82) is 0 Å². The van der Waals surface area contributed by atoms with Gasteiger partial charge in [0.05, 0.1) is 0 Å². The summed E-state index contributed by atoms with van der Waals surface area (Å²) in [6.07, 6.45) is 0. The number of nitrogens with two attached hydrogens (primary N) is 2. The highest BCUT2D eigenvalue weighted by Crippen LogP contribution is 2.23. The third kappa shape index (κ3) is 1.49. The standard InChI is InChI=1S/C8H13N3O2/c1-3(2)5-6(12)4(8(10)13)7(9)11-5/h3,5,12H,1-2H3,(H2,9,11)(H2,10,13)/t5-/m1/s1. The summed E-state index contributed by atoms with van der Waals surface area (Å²) >= 11 is 0. The van der Waals surface area contributed by atoms with E-state index in [9.17, 15) is 9.90 Å². The van der Waals surface area contributed by atoms with Crippen LogP contribution in [0, 0.1) is 5.92 Å². The van der Waals surface area contributed by atoms with Crippen molar-refractivity contribution in [3.63, 3.8) is 0 Å². The van der Waals surface area contributed by atoms with Gasteiger partial charge in [0.15, 0.2) is 0 Å². The Morgan fingerprint density at radius 3 is 2.38 bits per heavy atom. The number of aliphatic imine (C=N–C) groups is 1. The number of primary amides is 1. The van der Waals surface area contributed by atoms with Crippen LogP contribution in [-0.2, 0) is 4.79 Å². The van der Waals surface area contributed by atoms with E-state index in [0.29, 0.717) is 0 Å². The van der Waals surface area contributed by atoms with Gasteiger partial charge < -0.3 is 16.6 Å². The molecule has 5 N–H and O–H groups in total. The Hall–Kier alpha value is -1.52. The Labute approximate surface area is 76.1 Å². The van der Waals surface area contributed by atoms with Crippen LogP contribution in [-0.4, -0.2) is 22.9 Å². The van der Waals surface area contributed by atoms with Gasteiger partial charge in [-0.25, -0.2) is 0 Å². The largest absolute Gasteiger partial charge is 0.509 e. The molecule has 1 aliphatic rings. The Morgan fingerprint density at radius 2 is 2.15 bits per heavy atom. The molecule has 0 saturated heterocycles. The molecule has 1 heterocycles. The fraction of sp³-hybridized carbons (Fsp3) is 0.500. The molecule has 0 bridgehead atoms. The maximum Gasteiger partial charge on any atom is 0.255 e. The number of carbonyl (C=O) groups is 1. The third-order valence-corrected chi connectivity index (χ3v) is 1.95. The number of carbonyl (C=O) groups excluding carboxylic acids is 1. The molecule has 13 heavy (non-hydrogen) atoms. The summed E-state index contributed by atoms with van der Waals surface area (Å²) < 4.78 is 0. The van der Waals surface area contributed by atoms with Gasteiger partial charge in [-0.1, -0.05) is 13.8 Å². The van der Waals surface area contributed by atoms with Crippen molar-refractivity contribution in [2.75, 3.05) is 0 Å². The average Bonchev–Trinajstić information content (AvgIpc) is 2.26. The monoisotopic (exact) mass is 183 g/mol. The lowest BCUT2D eigenvalue weighted by Crippen LogP contribution is -2.25. The first-order chi connectivity index (χ1) is 5.95. The lowest BCUT2D eigenvalue weighted by Gasteiger charge is -2.10. The van der Waals surface area contributed by atoms with Crippen LogP contribution in [0.4, 0.5) is 0 Å². The van der Waals surface area contributed by atoms with E-state index >= 15 is 0 Å². The molecular formula is C8H13N3O2. The SMILES string of the molecule is CC(C)[C@H]1N=C(N)C(C(N)=O)=C1O. The van der Waals surface area contributed by atoms with Gasteiger partial charge >= 0.3 is 0 Å². The van der Waals surface area contributed by atoms with E-state index in [0.717, 1.165) is 0 Å². The highest BCUT2D eigenvalue weighted by Gasteiger charge is 2.31. The quantitative estimate of drug-likeness (QED) is 0.546. The van der Waals surface area contributed by atoms with E-state index in [1.54, 1.807) is 0 Å². The minimum absolute atomic E-state index is 0.0312. The molecule has 1 amide bonds. The van der Waals surface area contributed by atoms with E-state index in [1.807, 2.05) is 13.8 Å². The van der Waals surface area contributed by atoms with Crippen LogP contribution in [0.5, 0.6) is 0 Å². The predicted octanol–water partition coefficient (Wildman–Crippen LogP) is -0.321. The fourth-order valence-corrected chi connectivity index (χ4v) is 1.27. The van der Waals surface area contributed by atoms with Crippen molar-refractivity contribution in [3.05, 3.63) is 11.3 Å². The average molecular weight is 183 g/mol. The summed E-state index contributed by atoms with van der Waals surface area (Å²) in [6.45, 7) is 3.75. The highest BCUT2D eigenvalue weighted by atomic mass is 16.3. The van der Waals surface area contributed by atoms with Crippen LogP contribution >= 0.6 is 0 Å². The first kappa shape index (κ1) is 9.57. The highest BCUT2D eigenvalue weighted by molar-refractivity contribution is 6.21. The molecule has 72 valence electrons. The normalized spacial score (nSPS) is 22.4. The van der Waals surface area contributed by atoms with Gasteiger partial charge in [-0.15, -0.1) is 0 Å². The van der Waals surface area contributed by atoms with E-state index in [-0.39, 0.29) is 23.1 Å². The Morgan fingerprint density at radius 1 is 1.62 bits per heavy atom. The van der Waals surface area contributed by atoms with E-state index in [1.165, 1.54) is 0 Å². The predicted molar refractivity (Wildman–Crippen MR) is 49.1 cm³/mol. The van der Waals surface area contributed by atoms with Crippen molar-refractivity contribution in [3.8, 4) is 0 Å². The van der Waals surface area contributed by atoms with Gasteiger partial charge in [-0.3, -0.25) is 9.79 Å². The van der Waals surface area contributed by atoms with Crippen molar-refractivity contribution in [2.24, 2.45) is 22.4 Å². The summed E-state index contributed by atoms with van der Waals surface area (Å²) in [5.74, 6) is -0.721. The first-order valence-electron chi connectivity index (χ1n) is 4.01. The van der Waals surface area contributed by atoms with Crippen LogP contribution in [0.15, 0.2) is 16.3 Å². The van der Waals surface area contributed by atoms with Gasteiger partial charge in [0.1, 0.15) is 23.2 Å². The third-order valence-electron chi connectivity index (χ3n) is 1.95. The molecule has 1 atom stereocenters. The van der Waals surface area contributed by atoms with Crippen LogP contribution in [0.25, 0.3) is 0 Å². The topological polar surface area (TPSA) is 102 Å². The zero-order valence-corrected chi connectivity index (χ0v) is 7.61. The molecule has 0 aromatic carbocycles. The summed E-state index contributed by atoms with van der Waals surface area (Å²) in [7, 11) is 0. The molecule has 0 saturated carbocycles. The molecule has 0 aromatic heterocycles. The minimum Gasteiger partial charge on any atom is -0.509 e. The van der Waals surface area contributed by atoms with Crippen molar-refractivity contribution in [1.82, 2.24) is 0 Å². The van der Waals surface area contributed by atoms with Gasteiger partial charge in [0.2, 0.25) is 0 Å². The molecule has 5 nitrogen and oxygen atoms in total. The second-order valence-corrected chi connectivity index (χ2v) is 3.33. The molecule has 0 radical (unpaired) electrons. The smallest absolute Gasteiger partial charge is 0.255 e. The van der Waals surface area contributed by atoms with E-state index in [2.05, 4.69) is 4.99 Å². The lowest BCUT2D eigenvalue weighted by molar-refractivity contribution is -0.114. The maximum atomic E-state index is 10.8. The van der Waals surface area contributed by atoms with Crippen LogP contribution in [0.3, 0.4) is 0 Å². The molecular weight excluding hydrogens is 170 g/mol. The molecule has 1 aliphatic heterocycles. The summed E-state index contributed by atoms with van der Waals surface area (Å²) in [5.41, 5.74) is 10.4. The Bertz CT molecular complexity index is 305. The molecule has 0 unspecified atom stereocenters. The maximum absolute atomic E-state index is 10.8. The first-order valence-corrected chi connectivity index (χ1v) is 4.01. The number of hydrogen-bond acceptors (Lipinski definition) is 4. The Kier molecular flexibility index (Phi) is 2.27. The van der Waals surface area contributed by atoms with E-state index in [4.69, 9.17) is 11.5 Å². The number of aliphatic hydroxyl groups is 1. The van der Waals surface area contributed by atoms with Crippen LogP contribution in [0.2, 0.25) is 0 Å². The number of amides is 1. The number of amidine groups is 1. The number of aliphatic hydroxyl groups excluding tert-OH is 1. The van der Waals surface area contributed by atoms with Gasteiger partial charge in [0.25, 0.3) is 5.91 Å². The lowest BCUT2D eigenvalue weighted by atomic mass is 10.0. The molecule has 0 aliphatic carbocycles. The Balaban J connectivity index is 3.08. The number of hydrogen-bond donors (Lipinski definition) is 3. The summed E-state index contributed by atoms with van der Waals surface area (Å²) in [4.78, 5) is 14.8. The second kappa shape index (κ2) is 3.08. The fourth-order valence-electron chi connectivity index (χ4n) is 1.27. The second-order valence-electron chi connectivity index (χ2n) is 3.33. The van der Waals surface area contributed by atoms with Crippen molar-refractivity contribution in [2.45, 2.75) is 19.9 Å². The van der Waals surface area contributed by atoms with Gasteiger partial charge in [0, 0.05) is 0 Å². The minimum atomic E-state index is -0.734. The van der Waals surface area contributed by atoms with E-state index < -0.39 is 11.9 Å². The van der Waals surface area contributed by atoms with Crippen LogP contribution < -0.4 is 11.5 Å². The molecule has 5 heteroatoms. The molecule has 0 aromatic rings. The molecule has 0 spiro atoms. The zero-order chi connectivity index (χ0) is 10.2. The zero-order valence-electron chi connectivity index (χ0n) is 7.61. The number of nitrogens with zero attached hydrogens (tertiary/aromatic N) is 1. The van der Waals surface area contributed by atoms with Gasteiger partial charge in [-0.05, 0) is 5.92 Å². The number of rotatable bonds is 2. The summed E-state index contributed by atoms with van der Waals surface area (Å²) in [5, 5.41) is 9.54. The van der Waals surface area contributed by atoms with Crippen molar-refractivity contribution >= 4 is 11.7 Å². The van der Waals surface area contributed by atoms with Crippen LogP contribution in [0.1, 0.15) is 13.8 Å². The molecule has 0 fully saturated rings. The summed E-state index contributed by atoms with van der Waals surface area (Å²) in [6, 6.07) is -0.428. The molecule has 1 rings (SSSR count).